The highest BCUT2D eigenvalue weighted by Gasteiger charge is 2.36. The lowest BCUT2D eigenvalue weighted by molar-refractivity contribution is -0.384. The summed E-state index contributed by atoms with van der Waals surface area (Å²) in [6.45, 7) is 0. The Morgan fingerprint density at radius 2 is 1.78 bits per heavy atom. The molecule has 0 saturated heterocycles. The smallest absolute Gasteiger partial charge is 0.294 e. The highest BCUT2D eigenvalue weighted by molar-refractivity contribution is 7.18. The van der Waals surface area contributed by atoms with Gasteiger partial charge in [0.1, 0.15) is 5.01 Å². The van der Waals surface area contributed by atoms with Crippen molar-refractivity contribution < 1.29 is 14.5 Å². The van der Waals surface area contributed by atoms with Gasteiger partial charge in [0.2, 0.25) is 5.13 Å². The van der Waals surface area contributed by atoms with Gasteiger partial charge in [0.25, 0.3) is 21.2 Å². The molecule has 0 spiro atoms. The molecule has 1 N–H and O–H groups in total. The van der Waals surface area contributed by atoms with Crippen molar-refractivity contribution in [2.75, 3.05) is 5.32 Å². The number of non-ortho nitro benzene ring substituents is 1. The summed E-state index contributed by atoms with van der Waals surface area (Å²) in [5, 5.41) is 20.6. The van der Waals surface area contributed by atoms with Crippen LogP contribution in [0.1, 0.15) is 0 Å². The monoisotopic (exact) mass is 394 g/mol. The van der Waals surface area contributed by atoms with Gasteiger partial charge in [-0.3, -0.25) is 25.0 Å². The van der Waals surface area contributed by atoms with Crippen LogP contribution in [0.5, 0.6) is 0 Å². The Kier molecular flexibility index (Phi) is 5.15. The number of halogens is 3. The summed E-state index contributed by atoms with van der Waals surface area (Å²) in [7, 11) is 0. The molecule has 0 radical (unpaired) electrons. The number of alkyl halides is 3. The Balaban J connectivity index is 2.13. The quantitative estimate of drug-likeness (QED) is 0.368. The van der Waals surface area contributed by atoms with Gasteiger partial charge in [-0.2, -0.15) is 0 Å². The van der Waals surface area contributed by atoms with Gasteiger partial charge in [-0.05, 0) is 12.1 Å². The second-order valence-corrected chi connectivity index (χ2v) is 7.26. The molecule has 1 heterocycles. The number of benzene rings is 1. The first-order valence-corrected chi connectivity index (χ1v) is 7.64. The minimum Gasteiger partial charge on any atom is -0.294 e. The molecular formula is C11H5Cl3N4O4S. The summed E-state index contributed by atoms with van der Waals surface area (Å²) in [6.07, 6.45) is 0. The van der Waals surface area contributed by atoms with Crippen molar-refractivity contribution in [3.8, 4) is 10.6 Å². The van der Waals surface area contributed by atoms with E-state index in [1.807, 2.05) is 0 Å². The molecule has 23 heavy (non-hydrogen) atoms. The van der Waals surface area contributed by atoms with Crippen LogP contribution < -0.4 is 5.32 Å². The number of carbonyl (C=O) groups is 2. The van der Waals surface area contributed by atoms with Crippen LogP contribution >= 0.6 is 46.1 Å². The molecule has 8 nitrogen and oxygen atoms in total. The number of nitro groups is 1. The van der Waals surface area contributed by atoms with Gasteiger partial charge in [0.15, 0.2) is 0 Å². The van der Waals surface area contributed by atoms with E-state index < -0.39 is 20.4 Å². The zero-order valence-corrected chi connectivity index (χ0v) is 13.9. The maximum Gasteiger partial charge on any atom is 0.298 e. The molecule has 1 amide bonds. The second kappa shape index (κ2) is 6.75. The average molecular weight is 396 g/mol. The number of amides is 1. The number of nitrogens with zero attached hydrogens (tertiary/aromatic N) is 3. The standard InChI is InChI=1S/C11H5Cl3N4O4S/c12-11(13,14)7(19)8(20)15-10-17-16-9(23-10)5-1-3-6(4-2-5)18(21)22/h1-4H,(H,15,17,20). The van der Waals surface area contributed by atoms with E-state index in [9.17, 15) is 19.7 Å². The Morgan fingerprint density at radius 1 is 1.17 bits per heavy atom. The van der Waals surface area contributed by atoms with Gasteiger partial charge < -0.3 is 0 Å². The van der Waals surface area contributed by atoms with Gasteiger partial charge in [0, 0.05) is 17.7 Å². The normalized spacial score (nSPS) is 11.1. The summed E-state index contributed by atoms with van der Waals surface area (Å²) in [4.78, 5) is 33.1. The van der Waals surface area contributed by atoms with Crippen LogP contribution in [-0.4, -0.2) is 30.6 Å². The maximum atomic E-state index is 11.6. The minimum atomic E-state index is -2.37. The zero-order valence-electron chi connectivity index (χ0n) is 10.8. The predicted octanol–water partition coefficient (Wildman–Crippen LogP) is 2.99. The molecule has 0 fully saturated rings. The van der Waals surface area contributed by atoms with Gasteiger partial charge >= 0.3 is 0 Å². The molecule has 0 saturated carbocycles. The first kappa shape index (κ1) is 17.5. The van der Waals surface area contributed by atoms with Crippen molar-refractivity contribution in [1.82, 2.24) is 10.2 Å². The van der Waals surface area contributed by atoms with Crippen molar-refractivity contribution in [3.63, 3.8) is 0 Å². The lowest BCUT2D eigenvalue weighted by atomic mass is 10.2. The molecule has 120 valence electrons. The first-order valence-electron chi connectivity index (χ1n) is 5.69. The number of aromatic nitrogens is 2. The number of carbonyl (C=O) groups excluding carboxylic acids is 2. The Hall–Kier alpha value is -1.81. The van der Waals surface area contributed by atoms with E-state index in [4.69, 9.17) is 34.8 Å². The van der Waals surface area contributed by atoms with E-state index in [2.05, 4.69) is 15.5 Å². The number of anilines is 1. The summed E-state index contributed by atoms with van der Waals surface area (Å²) in [5.41, 5.74) is 0.487. The third kappa shape index (κ3) is 4.35. The van der Waals surface area contributed by atoms with E-state index in [1.165, 1.54) is 24.3 Å². The lowest BCUT2D eigenvalue weighted by Gasteiger charge is -2.07. The van der Waals surface area contributed by atoms with E-state index in [-0.39, 0.29) is 10.8 Å². The summed E-state index contributed by atoms with van der Waals surface area (Å²) in [5.74, 6) is -2.40. The van der Waals surface area contributed by atoms with Crippen molar-refractivity contribution in [3.05, 3.63) is 34.4 Å². The molecule has 0 aliphatic rings. The minimum absolute atomic E-state index is 0.0194. The van der Waals surface area contributed by atoms with Gasteiger partial charge in [0.05, 0.1) is 4.92 Å². The fourth-order valence-corrected chi connectivity index (χ4v) is 2.40. The summed E-state index contributed by atoms with van der Waals surface area (Å²) in [6, 6.07) is 5.58. The molecule has 12 heteroatoms. The van der Waals surface area contributed by atoms with Crippen LogP contribution in [0.4, 0.5) is 10.8 Å². The predicted molar refractivity (Wildman–Crippen MR) is 85.9 cm³/mol. The maximum absolute atomic E-state index is 11.6. The molecule has 1 aromatic carbocycles. The van der Waals surface area contributed by atoms with Crippen molar-refractivity contribution >= 4 is 68.6 Å². The zero-order chi connectivity index (χ0) is 17.2. The largest absolute Gasteiger partial charge is 0.298 e. The first-order chi connectivity index (χ1) is 10.7. The number of nitro benzene ring substituents is 1. The number of Topliss-reactive ketones (excluding diaryl/α,β-unsaturated/α-hetero) is 1. The fourth-order valence-electron chi connectivity index (χ4n) is 1.40. The van der Waals surface area contributed by atoms with Crippen molar-refractivity contribution in [2.24, 2.45) is 0 Å². The van der Waals surface area contributed by atoms with E-state index in [0.29, 0.717) is 10.6 Å². The number of rotatable bonds is 4. The molecule has 0 aliphatic carbocycles. The highest BCUT2D eigenvalue weighted by atomic mass is 35.6. The van der Waals surface area contributed by atoms with Crippen LogP contribution in [0.3, 0.4) is 0 Å². The Bertz CT molecular complexity index is 772. The second-order valence-electron chi connectivity index (χ2n) is 4.00. The lowest BCUT2D eigenvalue weighted by Crippen LogP contribution is -2.33. The molecule has 0 atom stereocenters. The molecule has 0 aliphatic heterocycles. The molecule has 1 aromatic heterocycles. The molecule has 2 rings (SSSR count). The van der Waals surface area contributed by atoms with Gasteiger partial charge in [-0.25, -0.2) is 0 Å². The van der Waals surface area contributed by atoms with Gasteiger partial charge in [-0.15, -0.1) is 10.2 Å². The Labute approximate surface area is 147 Å². The van der Waals surface area contributed by atoms with Crippen LogP contribution in [-0.2, 0) is 9.59 Å². The summed E-state index contributed by atoms with van der Waals surface area (Å²) < 4.78 is -2.37. The number of nitrogens with one attached hydrogen (secondary N) is 1. The van der Waals surface area contributed by atoms with Crippen LogP contribution in [0, 0.1) is 10.1 Å². The molecular weight excluding hydrogens is 391 g/mol. The highest BCUT2D eigenvalue weighted by Crippen LogP contribution is 2.30. The van der Waals surface area contributed by atoms with Crippen LogP contribution in [0.15, 0.2) is 24.3 Å². The third-order valence-corrected chi connectivity index (χ3v) is 3.84. The van der Waals surface area contributed by atoms with Crippen LogP contribution in [0.25, 0.3) is 10.6 Å². The fraction of sp³-hybridized carbons (Fsp3) is 0.0909. The number of ketones is 1. The molecule has 0 unspecified atom stereocenters. The van der Waals surface area contributed by atoms with Crippen LogP contribution in [0.2, 0.25) is 0 Å². The summed E-state index contributed by atoms with van der Waals surface area (Å²) >= 11 is 16.9. The van der Waals surface area contributed by atoms with Crippen molar-refractivity contribution in [2.45, 2.75) is 3.79 Å². The number of hydrogen-bond donors (Lipinski definition) is 1. The topological polar surface area (TPSA) is 115 Å². The van der Waals surface area contributed by atoms with E-state index in [1.54, 1.807) is 0 Å². The third-order valence-electron chi connectivity index (χ3n) is 2.43. The van der Waals surface area contributed by atoms with Crippen molar-refractivity contribution in [1.29, 1.82) is 0 Å². The molecule has 0 bridgehead atoms. The van der Waals surface area contributed by atoms with E-state index in [0.717, 1.165) is 11.3 Å². The Morgan fingerprint density at radius 3 is 2.30 bits per heavy atom. The number of hydrogen-bond acceptors (Lipinski definition) is 7. The van der Waals surface area contributed by atoms with E-state index >= 15 is 0 Å². The van der Waals surface area contributed by atoms with Gasteiger partial charge in [-0.1, -0.05) is 46.1 Å². The SMILES string of the molecule is O=C(Nc1nnc(-c2ccc([N+](=O)[O-])cc2)s1)C(=O)C(Cl)(Cl)Cl. The molecule has 2 aromatic rings. The average Bonchev–Trinajstić information content (AvgIpc) is 2.94.